The van der Waals surface area contributed by atoms with Gasteiger partial charge < -0.3 is 0 Å². The van der Waals surface area contributed by atoms with Crippen molar-refractivity contribution in [1.29, 1.82) is 0 Å². The van der Waals surface area contributed by atoms with E-state index < -0.39 is 10.0 Å². The molecule has 0 spiro atoms. The van der Waals surface area contributed by atoms with E-state index in [0.717, 1.165) is 18.5 Å². The van der Waals surface area contributed by atoms with Gasteiger partial charge in [-0.25, -0.2) is 13.1 Å². The molecule has 0 saturated carbocycles. The van der Waals surface area contributed by atoms with Gasteiger partial charge >= 0.3 is 0 Å². The number of nitrogens with zero attached hydrogens (tertiary/aromatic N) is 3. The minimum Gasteiger partial charge on any atom is -0.266 e. The summed E-state index contributed by atoms with van der Waals surface area (Å²) in [6, 6.07) is 18.7. The number of unbranched alkanes of at least 4 members (excludes halogenated alkanes) is 1. The Hall–Kier alpha value is -2.60. The maximum Gasteiger partial charge on any atom is 0.267 e. The first-order chi connectivity index (χ1) is 12.5. The van der Waals surface area contributed by atoms with Crippen LogP contribution in [0.3, 0.4) is 0 Å². The summed E-state index contributed by atoms with van der Waals surface area (Å²) in [4.78, 5) is 0.237. The van der Waals surface area contributed by atoms with Gasteiger partial charge in [-0.2, -0.15) is 5.10 Å². The van der Waals surface area contributed by atoms with Crippen molar-refractivity contribution in [3.8, 4) is 5.69 Å². The minimum absolute atomic E-state index is 0.237. The monoisotopic (exact) mass is 369 g/mol. The molecule has 0 fully saturated rings. The van der Waals surface area contributed by atoms with Crippen LogP contribution >= 0.6 is 0 Å². The Bertz CT molecular complexity index is 951. The maximum absolute atomic E-state index is 13.4. The summed E-state index contributed by atoms with van der Waals surface area (Å²) >= 11 is 0. The molecule has 0 aliphatic carbocycles. The average Bonchev–Trinajstić information content (AvgIpc) is 3.06. The Balaban J connectivity index is 2.04. The molecule has 0 bridgehead atoms. The number of rotatable bonds is 7. The SMILES string of the molecule is CCCCN(c1ccccc1)S(=O)(=O)c1cn(-c2ccccc2)nc1C. The molecule has 2 aromatic carbocycles. The van der Waals surface area contributed by atoms with Crippen molar-refractivity contribution in [3.63, 3.8) is 0 Å². The Labute approximate surface area is 154 Å². The maximum atomic E-state index is 13.4. The van der Waals surface area contributed by atoms with Gasteiger partial charge in [0.05, 0.1) is 23.3 Å². The fourth-order valence-corrected chi connectivity index (χ4v) is 4.47. The van der Waals surface area contributed by atoms with Gasteiger partial charge in [0, 0.05) is 6.54 Å². The summed E-state index contributed by atoms with van der Waals surface area (Å²) in [5, 5.41) is 4.41. The van der Waals surface area contributed by atoms with Crippen molar-refractivity contribution in [1.82, 2.24) is 9.78 Å². The van der Waals surface area contributed by atoms with E-state index in [4.69, 9.17) is 0 Å². The van der Waals surface area contributed by atoms with Crippen LogP contribution in [0.1, 0.15) is 25.5 Å². The van der Waals surface area contributed by atoms with Crippen molar-refractivity contribution >= 4 is 15.7 Å². The van der Waals surface area contributed by atoms with Crippen LogP contribution in [0.5, 0.6) is 0 Å². The van der Waals surface area contributed by atoms with Crippen LogP contribution in [0.15, 0.2) is 71.8 Å². The zero-order valence-corrected chi connectivity index (χ0v) is 15.9. The van der Waals surface area contributed by atoms with Gasteiger partial charge in [0.1, 0.15) is 4.90 Å². The molecular weight excluding hydrogens is 346 g/mol. The van der Waals surface area contributed by atoms with E-state index in [1.54, 1.807) is 17.8 Å². The minimum atomic E-state index is -3.69. The van der Waals surface area contributed by atoms with E-state index in [2.05, 4.69) is 12.0 Å². The Morgan fingerprint density at radius 1 is 1.00 bits per heavy atom. The molecule has 3 rings (SSSR count). The summed E-state index contributed by atoms with van der Waals surface area (Å²) in [5.41, 5.74) is 2.00. The summed E-state index contributed by atoms with van der Waals surface area (Å²) in [6.07, 6.45) is 3.31. The van der Waals surface area contributed by atoms with E-state index >= 15 is 0 Å². The number of aryl methyl sites for hydroxylation is 1. The second kappa shape index (κ2) is 7.74. The van der Waals surface area contributed by atoms with Gasteiger partial charge in [0.2, 0.25) is 0 Å². The van der Waals surface area contributed by atoms with Crippen LogP contribution in [0.4, 0.5) is 5.69 Å². The number of sulfonamides is 1. The average molecular weight is 369 g/mol. The molecule has 6 heteroatoms. The third-order valence-electron chi connectivity index (χ3n) is 4.20. The Morgan fingerprint density at radius 2 is 1.62 bits per heavy atom. The van der Waals surface area contributed by atoms with E-state index in [-0.39, 0.29) is 4.90 Å². The molecule has 26 heavy (non-hydrogen) atoms. The predicted octanol–water partition coefficient (Wildman–Crippen LogP) is 4.18. The lowest BCUT2D eigenvalue weighted by atomic mass is 10.3. The van der Waals surface area contributed by atoms with Gasteiger partial charge in [0.25, 0.3) is 10.0 Å². The van der Waals surface area contributed by atoms with Gasteiger partial charge in [-0.3, -0.25) is 4.31 Å². The first kappa shape index (κ1) is 18.2. The molecule has 0 radical (unpaired) electrons. The van der Waals surface area contributed by atoms with Crippen LogP contribution < -0.4 is 4.31 Å². The molecule has 0 aliphatic heterocycles. The lowest BCUT2D eigenvalue weighted by Crippen LogP contribution is -2.32. The van der Waals surface area contributed by atoms with Crippen molar-refractivity contribution in [2.24, 2.45) is 0 Å². The highest BCUT2D eigenvalue weighted by atomic mass is 32.2. The number of aromatic nitrogens is 2. The van der Waals surface area contributed by atoms with Crippen molar-refractivity contribution < 1.29 is 8.42 Å². The fourth-order valence-electron chi connectivity index (χ4n) is 2.81. The first-order valence-corrected chi connectivity index (χ1v) is 10.2. The highest BCUT2D eigenvalue weighted by Crippen LogP contribution is 2.26. The largest absolute Gasteiger partial charge is 0.267 e. The Kier molecular flexibility index (Phi) is 5.42. The number of benzene rings is 2. The van der Waals surface area contributed by atoms with Crippen molar-refractivity contribution in [2.45, 2.75) is 31.6 Å². The number of para-hydroxylation sites is 2. The summed E-state index contributed by atoms with van der Waals surface area (Å²) in [6.45, 7) is 4.22. The van der Waals surface area contributed by atoms with E-state index in [9.17, 15) is 8.42 Å². The second-order valence-electron chi connectivity index (χ2n) is 6.13. The number of anilines is 1. The van der Waals surface area contributed by atoms with Crippen LogP contribution in [0.2, 0.25) is 0 Å². The standard InChI is InChI=1S/C20H23N3O2S/c1-3-4-15-23(19-13-9-6-10-14-19)26(24,25)20-16-22(21-17(20)2)18-11-7-5-8-12-18/h5-14,16H,3-4,15H2,1-2H3. The predicted molar refractivity (Wildman–Crippen MR) is 104 cm³/mol. The molecule has 5 nitrogen and oxygen atoms in total. The van der Waals surface area contributed by atoms with E-state index in [1.165, 1.54) is 4.31 Å². The van der Waals surface area contributed by atoms with Gasteiger partial charge in [0.15, 0.2) is 0 Å². The zero-order valence-electron chi connectivity index (χ0n) is 15.0. The second-order valence-corrected chi connectivity index (χ2v) is 7.96. The van der Waals surface area contributed by atoms with Crippen LogP contribution in [-0.4, -0.2) is 24.7 Å². The van der Waals surface area contributed by atoms with Crippen molar-refractivity contribution in [3.05, 3.63) is 72.6 Å². The third-order valence-corrected chi connectivity index (χ3v) is 6.13. The van der Waals surface area contributed by atoms with Crippen LogP contribution in [0.25, 0.3) is 5.69 Å². The Morgan fingerprint density at radius 3 is 2.23 bits per heavy atom. The highest BCUT2D eigenvalue weighted by molar-refractivity contribution is 7.92. The third kappa shape index (κ3) is 3.65. The van der Waals surface area contributed by atoms with Crippen LogP contribution in [-0.2, 0) is 10.0 Å². The molecule has 1 aromatic heterocycles. The number of hydrogen-bond donors (Lipinski definition) is 0. The zero-order chi connectivity index (χ0) is 18.6. The quantitative estimate of drug-likeness (QED) is 0.628. The molecule has 136 valence electrons. The van der Waals surface area contributed by atoms with Crippen LogP contribution in [0, 0.1) is 6.92 Å². The van der Waals surface area contributed by atoms with E-state index in [1.807, 2.05) is 60.7 Å². The molecule has 1 heterocycles. The van der Waals surface area contributed by atoms with E-state index in [0.29, 0.717) is 17.9 Å². The molecule has 0 aliphatic rings. The fraction of sp³-hybridized carbons (Fsp3) is 0.250. The molecule has 0 unspecified atom stereocenters. The smallest absolute Gasteiger partial charge is 0.266 e. The van der Waals surface area contributed by atoms with Crippen molar-refractivity contribution in [2.75, 3.05) is 10.8 Å². The lowest BCUT2D eigenvalue weighted by molar-refractivity contribution is 0.588. The molecule has 0 amide bonds. The van der Waals surface area contributed by atoms with Gasteiger partial charge in [-0.1, -0.05) is 49.7 Å². The first-order valence-electron chi connectivity index (χ1n) is 8.73. The highest BCUT2D eigenvalue weighted by Gasteiger charge is 2.28. The molecule has 0 saturated heterocycles. The topological polar surface area (TPSA) is 55.2 Å². The normalized spacial score (nSPS) is 11.5. The molecular formula is C20H23N3O2S. The molecule has 0 atom stereocenters. The van der Waals surface area contributed by atoms with Gasteiger partial charge in [-0.05, 0) is 37.6 Å². The summed E-state index contributed by atoms with van der Waals surface area (Å²) in [5.74, 6) is 0. The number of hydrogen-bond acceptors (Lipinski definition) is 3. The lowest BCUT2D eigenvalue weighted by Gasteiger charge is -2.24. The summed E-state index contributed by atoms with van der Waals surface area (Å²) in [7, 11) is -3.69. The van der Waals surface area contributed by atoms with Gasteiger partial charge in [-0.15, -0.1) is 0 Å². The molecule has 3 aromatic rings. The molecule has 0 N–H and O–H groups in total. The summed E-state index contributed by atoms with van der Waals surface area (Å²) < 4.78 is 29.9.